The molecule has 1 aliphatic heterocycles. The Bertz CT molecular complexity index is 813. The number of hydrogen-bond donors (Lipinski definition) is 0. The first-order valence-electron chi connectivity index (χ1n) is 6.96. The maximum atomic E-state index is 5.54. The number of benzene rings is 1. The van der Waals surface area contributed by atoms with Gasteiger partial charge in [0.1, 0.15) is 0 Å². The molecule has 0 aliphatic carbocycles. The van der Waals surface area contributed by atoms with E-state index in [1.54, 1.807) is 12.4 Å². The van der Waals surface area contributed by atoms with E-state index in [0.717, 1.165) is 41.5 Å². The van der Waals surface area contributed by atoms with Crippen LogP contribution in [0.5, 0.6) is 5.75 Å². The van der Waals surface area contributed by atoms with Gasteiger partial charge in [0.25, 0.3) is 0 Å². The molecule has 0 radical (unpaired) electrons. The number of aromatic nitrogens is 3. The van der Waals surface area contributed by atoms with E-state index >= 15 is 0 Å². The SMILES string of the molecule is Cc1ncccc1-n1ccnc1-c1[c-]cc2c(c1)CCO2.[Pt]. The summed E-state index contributed by atoms with van der Waals surface area (Å²) in [6, 6.07) is 11.3. The number of rotatable bonds is 2. The van der Waals surface area contributed by atoms with Crippen LogP contribution in [0, 0.1) is 13.0 Å². The smallest absolute Gasteiger partial charge is 0.0781 e. The number of ether oxygens (including phenoxy) is 1. The van der Waals surface area contributed by atoms with E-state index < -0.39 is 0 Å². The molecule has 2 aromatic heterocycles. The molecule has 0 unspecified atom stereocenters. The van der Waals surface area contributed by atoms with E-state index in [1.807, 2.05) is 31.3 Å². The Morgan fingerprint density at radius 2 is 2.18 bits per heavy atom. The Labute approximate surface area is 143 Å². The minimum Gasteiger partial charge on any atom is -0.536 e. The molecule has 0 bridgehead atoms. The molecule has 1 aromatic carbocycles. The fourth-order valence-corrected chi connectivity index (χ4v) is 2.68. The number of hydrogen-bond acceptors (Lipinski definition) is 3. The Kier molecular flexibility index (Phi) is 4.12. The fraction of sp³-hybridized carbons (Fsp3) is 0.176. The van der Waals surface area contributed by atoms with Crippen LogP contribution in [-0.2, 0) is 27.5 Å². The third-order valence-corrected chi connectivity index (χ3v) is 3.74. The molecule has 1 aliphatic rings. The van der Waals surface area contributed by atoms with E-state index in [1.165, 1.54) is 5.56 Å². The van der Waals surface area contributed by atoms with Gasteiger partial charge in [-0.25, -0.2) is 0 Å². The molecule has 0 spiro atoms. The Morgan fingerprint density at radius 3 is 3.05 bits per heavy atom. The molecule has 0 fully saturated rings. The van der Waals surface area contributed by atoms with Crippen LogP contribution in [0.1, 0.15) is 11.3 Å². The van der Waals surface area contributed by atoms with Crippen molar-refractivity contribution < 1.29 is 25.8 Å². The molecule has 22 heavy (non-hydrogen) atoms. The van der Waals surface area contributed by atoms with E-state index in [9.17, 15) is 0 Å². The summed E-state index contributed by atoms with van der Waals surface area (Å²) in [4.78, 5) is 8.84. The molecular formula is C17H14N3OPt-. The standard InChI is InChI=1S/C17H14N3O.Pt/c1-12-15(3-2-7-18-12)20-9-8-19-17(20)14-4-5-16-13(11-14)6-10-21-16;/h2-3,5,7-9,11H,6,10H2,1H3;/q-1;. The van der Waals surface area contributed by atoms with Gasteiger partial charge in [-0.15, -0.1) is 23.8 Å². The normalized spacial score (nSPS) is 12.4. The van der Waals surface area contributed by atoms with Crippen molar-refractivity contribution in [2.24, 2.45) is 0 Å². The monoisotopic (exact) mass is 471 g/mol. The first kappa shape index (κ1) is 15.0. The van der Waals surface area contributed by atoms with E-state index in [0.29, 0.717) is 0 Å². The summed E-state index contributed by atoms with van der Waals surface area (Å²) in [6.45, 7) is 2.75. The second-order valence-corrected chi connectivity index (χ2v) is 5.06. The molecule has 0 atom stereocenters. The molecule has 0 amide bonds. The summed E-state index contributed by atoms with van der Waals surface area (Å²) in [6.07, 6.45) is 6.51. The van der Waals surface area contributed by atoms with Crippen LogP contribution in [0.25, 0.3) is 17.1 Å². The van der Waals surface area contributed by atoms with Gasteiger partial charge in [0.2, 0.25) is 0 Å². The summed E-state index contributed by atoms with van der Waals surface area (Å²) in [5.41, 5.74) is 4.21. The first-order chi connectivity index (χ1) is 10.3. The zero-order valence-corrected chi connectivity index (χ0v) is 14.3. The van der Waals surface area contributed by atoms with Crippen LogP contribution in [0.15, 0.2) is 42.9 Å². The Hall–Kier alpha value is -1.93. The molecule has 3 heterocycles. The van der Waals surface area contributed by atoms with Crippen LogP contribution >= 0.6 is 0 Å². The zero-order valence-electron chi connectivity index (χ0n) is 12.0. The van der Waals surface area contributed by atoms with Crippen molar-refractivity contribution in [3.8, 4) is 22.8 Å². The quantitative estimate of drug-likeness (QED) is 0.540. The number of nitrogens with zero attached hydrogens (tertiary/aromatic N) is 3. The van der Waals surface area contributed by atoms with Crippen LogP contribution < -0.4 is 4.74 Å². The molecular weight excluding hydrogens is 457 g/mol. The molecule has 4 rings (SSSR count). The van der Waals surface area contributed by atoms with Gasteiger partial charge in [-0.3, -0.25) is 9.97 Å². The number of aryl methyl sites for hydroxylation is 1. The van der Waals surface area contributed by atoms with E-state index in [-0.39, 0.29) is 21.1 Å². The van der Waals surface area contributed by atoms with Gasteiger partial charge < -0.3 is 9.30 Å². The number of pyridine rings is 1. The molecule has 4 nitrogen and oxygen atoms in total. The summed E-state index contributed by atoms with van der Waals surface area (Å²) >= 11 is 0. The Morgan fingerprint density at radius 1 is 1.27 bits per heavy atom. The van der Waals surface area contributed by atoms with Crippen LogP contribution in [0.3, 0.4) is 0 Å². The second kappa shape index (κ2) is 6.05. The van der Waals surface area contributed by atoms with Gasteiger partial charge in [0.15, 0.2) is 0 Å². The predicted molar refractivity (Wildman–Crippen MR) is 79.6 cm³/mol. The first-order valence-corrected chi connectivity index (χ1v) is 6.96. The average molecular weight is 471 g/mol. The molecule has 0 saturated carbocycles. The Balaban J connectivity index is 0.00000144. The van der Waals surface area contributed by atoms with Crippen molar-refractivity contribution in [3.63, 3.8) is 0 Å². The second-order valence-electron chi connectivity index (χ2n) is 5.06. The fourth-order valence-electron chi connectivity index (χ4n) is 2.68. The van der Waals surface area contributed by atoms with Crippen molar-refractivity contribution in [3.05, 3.63) is 60.2 Å². The molecule has 0 N–H and O–H groups in total. The minimum absolute atomic E-state index is 0. The number of imidazole rings is 1. The molecule has 5 heteroatoms. The summed E-state index contributed by atoms with van der Waals surface area (Å²) in [7, 11) is 0. The topological polar surface area (TPSA) is 39.9 Å². The van der Waals surface area contributed by atoms with Gasteiger partial charge in [0.05, 0.1) is 23.8 Å². The summed E-state index contributed by atoms with van der Waals surface area (Å²) in [5.74, 6) is 1.82. The van der Waals surface area contributed by atoms with Crippen molar-refractivity contribution in [2.45, 2.75) is 13.3 Å². The van der Waals surface area contributed by atoms with Crippen LogP contribution in [0.4, 0.5) is 0 Å². The van der Waals surface area contributed by atoms with E-state index in [4.69, 9.17) is 4.74 Å². The van der Waals surface area contributed by atoms with Crippen molar-refractivity contribution in [1.29, 1.82) is 0 Å². The summed E-state index contributed by atoms with van der Waals surface area (Å²) in [5, 5.41) is 0. The largest absolute Gasteiger partial charge is 0.536 e. The van der Waals surface area contributed by atoms with Crippen molar-refractivity contribution in [2.75, 3.05) is 6.61 Å². The van der Waals surface area contributed by atoms with Crippen LogP contribution in [-0.4, -0.2) is 21.1 Å². The average Bonchev–Trinajstić information content (AvgIpc) is 3.15. The van der Waals surface area contributed by atoms with E-state index in [2.05, 4.69) is 26.7 Å². The maximum Gasteiger partial charge on any atom is 0.0781 e. The predicted octanol–water partition coefficient (Wildman–Crippen LogP) is 2.98. The third kappa shape index (κ3) is 2.48. The van der Waals surface area contributed by atoms with Crippen LogP contribution in [0.2, 0.25) is 0 Å². The van der Waals surface area contributed by atoms with Gasteiger partial charge >= 0.3 is 0 Å². The zero-order chi connectivity index (χ0) is 14.2. The molecule has 0 saturated heterocycles. The third-order valence-electron chi connectivity index (χ3n) is 3.74. The van der Waals surface area contributed by atoms with Crippen molar-refractivity contribution >= 4 is 0 Å². The minimum atomic E-state index is 0. The van der Waals surface area contributed by atoms with Gasteiger partial charge in [-0.05, 0) is 25.5 Å². The van der Waals surface area contributed by atoms with Gasteiger partial charge in [-0.1, -0.05) is 5.56 Å². The summed E-state index contributed by atoms with van der Waals surface area (Å²) < 4.78 is 7.59. The molecule has 114 valence electrons. The van der Waals surface area contributed by atoms with Crippen molar-refractivity contribution in [1.82, 2.24) is 14.5 Å². The molecule has 3 aromatic rings. The van der Waals surface area contributed by atoms with Gasteiger partial charge in [-0.2, -0.15) is 0 Å². The van der Waals surface area contributed by atoms with Gasteiger partial charge in [0, 0.05) is 45.4 Å². The maximum absolute atomic E-state index is 5.54. The number of fused-ring (bicyclic) bond motifs is 1.